The SMILES string of the molecule is CCCC1CN2C[C@H](F)CC2(COc2nc(N3CC4CCC(C3)N4C(=O)OC(C)(C)C)c3cnc(-c4c(C)cccc4OCc4ccccc4)c(F)c3n2)C1. The number of anilines is 1. The molecular formula is C43H52F2N6O4. The molecule has 2 aromatic heterocycles. The number of fused-ring (bicyclic) bond motifs is 4. The zero-order valence-corrected chi connectivity index (χ0v) is 32.6. The topological polar surface area (TPSA) is 93.2 Å². The molecule has 2 bridgehead atoms. The van der Waals surface area contributed by atoms with E-state index in [0.717, 1.165) is 49.8 Å². The van der Waals surface area contributed by atoms with E-state index in [1.807, 2.05) is 81.1 Å². The Labute approximate surface area is 322 Å². The van der Waals surface area contributed by atoms with Crippen LogP contribution in [0.5, 0.6) is 11.8 Å². The fraction of sp³-hybridized carbons (Fsp3) is 0.535. The zero-order valence-electron chi connectivity index (χ0n) is 32.6. The molecule has 12 heteroatoms. The first-order chi connectivity index (χ1) is 26.4. The van der Waals surface area contributed by atoms with E-state index >= 15 is 4.39 Å². The van der Waals surface area contributed by atoms with Gasteiger partial charge >= 0.3 is 12.1 Å². The number of hydrogen-bond acceptors (Lipinski definition) is 9. The maximum atomic E-state index is 17.2. The summed E-state index contributed by atoms with van der Waals surface area (Å²) in [5.74, 6) is 0.890. The van der Waals surface area contributed by atoms with Crippen molar-refractivity contribution in [3.05, 3.63) is 71.7 Å². The lowest BCUT2D eigenvalue weighted by Gasteiger charge is -2.42. The molecule has 2 aromatic carbocycles. The Morgan fingerprint density at radius 2 is 1.73 bits per heavy atom. The molecule has 4 aliphatic heterocycles. The first-order valence-corrected chi connectivity index (χ1v) is 19.8. The van der Waals surface area contributed by atoms with Crippen LogP contribution in [0.25, 0.3) is 22.2 Å². The fourth-order valence-electron chi connectivity index (χ4n) is 9.43. The molecule has 4 fully saturated rings. The molecule has 0 spiro atoms. The monoisotopic (exact) mass is 754 g/mol. The van der Waals surface area contributed by atoms with Crippen molar-refractivity contribution >= 4 is 22.8 Å². The van der Waals surface area contributed by atoms with Crippen molar-refractivity contribution in [1.82, 2.24) is 24.8 Å². The summed E-state index contributed by atoms with van der Waals surface area (Å²) in [6.45, 7) is 12.4. The molecule has 4 saturated heterocycles. The number of aromatic nitrogens is 3. The maximum Gasteiger partial charge on any atom is 0.410 e. The van der Waals surface area contributed by atoms with Gasteiger partial charge in [0.05, 0.1) is 23.0 Å². The molecule has 0 saturated carbocycles. The number of aryl methyl sites for hydroxylation is 1. The average Bonchev–Trinajstić information content (AvgIpc) is 3.73. The lowest BCUT2D eigenvalue weighted by molar-refractivity contribution is 0.0122. The lowest BCUT2D eigenvalue weighted by Crippen LogP contribution is -2.57. The van der Waals surface area contributed by atoms with Gasteiger partial charge in [0.15, 0.2) is 5.82 Å². The standard InChI is InChI=1S/C43H52F2N6O4/c1-6-11-29-18-43(19-30(44)22-50(43)21-29)26-54-40-47-37-33(39(48-40)49-23-31-16-17-32(24-49)51(31)41(52)55-42(3,4)5)20-46-38(36(37)45)35-27(2)12-10-15-34(35)53-25-28-13-8-7-9-14-28/h7-10,12-15,20,29-32H,6,11,16-19,21-26H2,1-5H3/t29?,30-,31?,32?,43?/m1/s1. The van der Waals surface area contributed by atoms with Crippen LogP contribution in [0.15, 0.2) is 54.7 Å². The van der Waals surface area contributed by atoms with Crippen LogP contribution in [0.3, 0.4) is 0 Å². The molecule has 4 aromatic rings. The smallest absolute Gasteiger partial charge is 0.410 e. The van der Waals surface area contributed by atoms with Gasteiger partial charge < -0.3 is 19.1 Å². The summed E-state index contributed by atoms with van der Waals surface area (Å²) in [7, 11) is 0. The highest BCUT2D eigenvalue weighted by atomic mass is 19.1. The van der Waals surface area contributed by atoms with Crippen molar-refractivity contribution in [3.63, 3.8) is 0 Å². The van der Waals surface area contributed by atoms with Crippen LogP contribution in [-0.2, 0) is 11.3 Å². The minimum atomic E-state index is -0.922. The number of carbonyl (C=O) groups is 1. The third kappa shape index (κ3) is 7.42. The highest BCUT2D eigenvalue weighted by Gasteiger charge is 2.52. The number of carbonyl (C=O) groups excluding carboxylic acids is 1. The van der Waals surface area contributed by atoms with Gasteiger partial charge in [0, 0.05) is 44.4 Å². The Hall–Kier alpha value is -4.58. The molecule has 6 heterocycles. The van der Waals surface area contributed by atoms with Gasteiger partial charge in [-0.25, -0.2) is 13.6 Å². The first kappa shape index (κ1) is 37.3. The first-order valence-electron chi connectivity index (χ1n) is 19.8. The Morgan fingerprint density at radius 3 is 2.45 bits per heavy atom. The fourth-order valence-corrected chi connectivity index (χ4v) is 9.43. The maximum absolute atomic E-state index is 17.2. The van der Waals surface area contributed by atoms with Gasteiger partial charge in [0.25, 0.3) is 0 Å². The summed E-state index contributed by atoms with van der Waals surface area (Å²) in [5, 5.41) is 0.451. The van der Waals surface area contributed by atoms with E-state index in [0.29, 0.717) is 61.1 Å². The van der Waals surface area contributed by atoms with Crippen molar-refractivity contribution in [1.29, 1.82) is 0 Å². The van der Waals surface area contributed by atoms with Gasteiger partial charge in [-0.1, -0.05) is 55.8 Å². The Balaban J connectivity index is 1.16. The number of alkyl halides is 1. The predicted octanol–water partition coefficient (Wildman–Crippen LogP) is 8.29. The summed E-state index contributed by atoms with van der Waals surface area (Å²) in [5.41, 5.74) is 1.49. The molecule has 1 amide bonds. The quantitative estimate of drug-likeness (QED) is 0.159. The van der Waals surface area contributed by atoms with Crippen LogP contribution < -0.4 is 14.4 Å². The summed E-state index contributed by atoms with van der Waals surface area (Å²) in [6.07, 6.45) is 5.44. The van der Waals surface area contributed by atoms with Gasteiger partial charge in [0.1, 0.15) is 47.8 Å². The molecule has 4 aliphatic rings. The number of ether oxygens (including phenoxy) is 3. The van der Waals surface area contributed by atoms with Gasteiger partial charge in [0.2, 0.25) is 0 Å². The number of amides is 1. The lowest BCUT2D eigenvalue weighted by atomic mass is 9.88. The van der Waals surface area contributed by atoms with Crippen LogP contribution in [0.1, 0.15) is 77.3 Å². The van der Waals surface area contributed by atoms with E-state index in [4.69, 9.17) is 29.2 Å². The number of nitrogens with zero attached hydrogens (tertiary/aromatic N) is 6. The largest absolute Gasteiger partial charge is 0.488 e. The minimum Gasteiger partial charge on any atom is -0.488 e. The van der Waals surface area contributed by atoms with Crippen molar-refractivity contribution in [2.24, 2.45) is 5.92 Å². The van der Waals surface area contributed by atoms with E-state index in [9.17, 15) is 9.18 Å². The highest BCUT2D eigenvalue weighted by Crippen LogP contribution is 2.45. The van der Waals surface area contributed by atoms with Crippen molar-refractivity contribution in [3.8, 4) is 23.0 Å². The molecule has 55 heavy (non-hydrogen) atoms. The molecule has 0 aliphatic carbocycles. The highest BCUT2D eigenvalue weighted by molar-refractivity contribution is 5.93. The molecule has 0 N–H and O–H groups in total. The molecule has 8 rings (SSSR count). The van der Waals surface area contributed by atoms with Crippen LogP contribution in [0.2, 0.25) is 0 Å². The van der Waals surface area contributed by atoms with Crippen LogP contribution >= 0.6 is 0 Å². The van der Waals surface area contributed by atoms with E-state index < -0.39 is 23.1 Å². The Morgan fingerprint density at radius 1 is 0.964 bits per heavy atom. The second-order valence-corrected chi connectivity index (χ2v) is 17.0. The third-order valence-electron chi connectivity index (χ3n) is 11.7. The Bertz CT molecular complexity index is 2030. The van der Waals surface area contributed by atoms with Gasteiger partial charge in [-0.05, 0) is 76.5 Å². The molecular weight excluding hydrogens is 703 g/mol. The molecule has 4 unspecified atom stereocenters. The van der Waals surface area contributed by atoms with Gasteiger partial charge in [-0.2, -0.15) is 9.97 Å². The number of hydrogen-bond donors (Lipinski definition) is 0. The summed E-state index contributed by atoms with van der Waals surface area (Å²) in [6, 6.07) is 15.3. The van der Waals surface area contributed by atoms with Gasteiger partial charge in [-0.15, -0.1) is 0 Å². The molecule has 5 atom stereocenters. The van der Waals surface area contributed by atoms with Crippen molar-refractivity contribution < 1.29 is 27.8 Å². The van der Waals surface area contributed by atoms with E-state index in [1.165, 1.54) is 0 Å². The molecule has 10 nitrogen and oxygen atoms in total. The van der Waals surface area contributed by atoms with E-state index in [2.05, 4.69) is 16.7 Å². The second-order valence-electron chi connectivity index (χ2n) is 17.0. The van der Waals surface area contributed by atoms with Crippen molar-refractivity contribution in [2.75, 3.05) is 37.7 Å². The number of pyridine rings is 1. The minimum absolute atomic E-state index is 0.0429. The molecule has 292 valence electrons. The summed E-state index contributed by atoms with van der Waals surface area (Å²) >= 11 is 0. The van der Waals surface area contributed by atoms with Crippen molar-refractivity contribution in [2.45, 2.75) is 109 Å². The van der Waals surface area contributed by atoms with E-state index in [1.54, 1.807) is 6.20 Å². The summed E-state index contributed by atoms with van der Waals surface area (Å²) in [4.78, 5) is 33.9. The second kappa shape index (κ2) is 14.8. The van der Waals surface area contributed by atoms with E-state index in [-0.39, 0.29) is 42.0 Å². The number of rotatable bonds is 10. The normalized spacial score (nSPS) is 25.1. The average molecular weight is 755 g/mol. The van der Waals surface area contributed by atoms with Crippen LogP contribution in [0, 0.1) is 18.7 Å². The number of piperazine rings is 1. The van der Waals surface area contributed by atoms with Gasteiger partial charge in [-0.3, -0.25) is 14.8 Å². The van der Waals surface area contributed by atoms with Crippen LogP contribution in [-0.4, -0.2) is 93.0 Å². The number of benzene rings is 2. The predicted molar refractivity (Wildman–Crippen MR) is 208 cm³/mol. The number of halogens is 2. The Kier molecular flexibility index (Phi) is 10.1. The summed E-state index contributed by atoms with van der Waals surface area (Å²) < 4.78 is 50.7. The van der Waals surface area contributed by atoms with Crippen LogP contribution in [0.4, 0.5) is 19.4 Å². The third-order valence-corrected chi connectivity index (χ3v) is 11.7. The zero-order chi connectivity index (χ0) is 38.5. The molecule has 0 radical (unpaired) electrons.